The molecule has 11 heavy (non-hydrogen) atoms. The van der Waals surface area contributed by atoms with Crippen molar-refractivity contribution in [3.63, 3.8) is 0 Å². The highest BCUT2D eigenvalue weighted by atomic mass is 79.9. The van der Waals surface area contributed by atoms with Crippen LogP contribution in [0.3, 0.4) is 0 Å². The molecule has 0 heterocycles. The number of hydrogen-bond acceptors (Lipinski definition) is 1. The van der Waals surface area contributed by atoms with Gasteiger partial charge in [-0.1, -0.05) is 0 Å². The number of rotatable bonds is 1. The van der Waals surface area contributed by atoms with Crippen molar-refractivity contribution in [1.82, 2.24) is 0 Å². The Hall–Kier alpha value is -0.0200. The summed E-state index contributed by atoms with van der Waals surface area (Å²) >= 11 is 4.68. The van der Waals surface area contributed by atoms with E-state index in [1.807, 2.05) is 12.3 Å². The fourth-order valence-electron chi connectivity index (χ4n) is 0.855. The molecule has 1 aromatic carbocycles. The van der Waals surface area contributed by atoms with Crippen LogP contribution in [0.5, 0.6) is 0 Å². The Morgan fingerprint density at radius 2 is 2.09 bits per heavy atom. The summed E-state index contributed by atoms with van der Waals surface area (Å²) in [5, 5.41) is 0. The molecule has 0 radical (unpaired) electrons. The highest BCUT2D eigenvalue weighted by molar-refractivity contribution is 9.10. The van der Waals surface area contributed by atoms with Crippen molar-refractivity contribution in [2.45, 2.75) is 11.8 Å². The molecule has 0 N–H and O–H groups in total. The molecule has 1 aromatic rings. The minimum absolute atomic E-state index is 0.156. The Morgan fingerprint density at radius 3 is 2.64 bits per heavy atom. The highest BCUT2D eigenvalue weighted by Gasteiger charge is 2.05. The number of hydrogen-bond donors (Lipinski definition) is 0. The fraction of sp³-hybridized carbons (Fsp3) is 0.250. The molecule has 0 aromatic heterocycles. The van der Waals surface area contributed by atoms with Crippen molar-refractivity contribution >= 4 is 27.7 Å². The van der Waals surface area contributed by atoms with Gasteiger partial charge in [-0.25, -0.2) is 4.39 Å². The largest absolute Gasteiger partial charge is 0.205 e. The third-order valence-corrected chi connectivity index (χ3v) is 3.00. The van der Waals surface area contributed by atoms with Crippen molar-refractivity contribution < 1.29 is 4.39 Å². The monoisotopic (exact) mass is 234 g/mol. The van der Waals surface area contributed by atoms with E-state index in [0.29, 0.717) is 10.0 Å². The number of halogens is 2. The maximum Gasteiger partial charge on any atom is 0.141 e. The molecule has 0 aliphatic rings. The summed E-state index contributed by atoms with van der Waals surface area (Å²) in [4.78, 5) is 0.991. The van der Waals surface area contributed by atoms with E-state index < -0.39 is 0 Å². The summed E-state index contributed by atoms with van der Waals surface area (Å²) in [6.07, 6.45) is 1.94. The second-order valence-electron chi connectivity index (χ2n) is 2.19. The van der Waals surface area contributed by atoms with Crippen molar-refractivity contribution in [1.29, 1.82) is 0 Å². The normalized spacial score (nSPS) is 10.2. The minimum Gasteiger partial charge on any atom is -0.205 e. The van der Waals surface area contributed by atoms with E-state index in [1.54, 1.807) is 24.8 Å². The van der Waals surface area contributed by atoms with Crippen LogP contribution in [0.25, 0.3) is 0 Å². The first kappa shape index (κ1) is 9.07. The predicted molar refractivity (Wildman–Crippen MR) is 50.6 cm³/mol. The Kier molecular flexibility index (Phi) is 2.96. The molecule has 0 nitrogen and oxygen atoms in total. The zero-order chi connectivity index (χ0) is 8.43. The van der Waals surface area contributed by atoms with Crippen molar-refractivity contribution in [2.24, 2.45) is 0 Å². The van der Waals surface area contributed by atoms with Crippen LogP contribution in [0.4, 0.5) is 4.39 Å². The summed E-state index contributed by atoms with van der Waals surface area (Å²) < 4.78 is 13.7. The van der Waals surface area contributed by atoms with Gasteiger partial charge in [0.1, 0.15) is 5.82 Å². The molecule has 0 unspecified atom stereocenters. The average Bonchev–Trinajstić information content (AvgIpc) is 2.01. The summed E-state index contributed by atoms with van der Waals surface area (Å²) in [7, 11) is 0. The van der Waals surface area contributed by atoms with Crippen molar-refractivity contribution in [3.8, 4) is 0 Å². The van der Waals surface area contributed by atoms with Crippen molar-refractivity contribution in [2.75, 3.05) is 6.26 Å². The van der Waals surface area contributed by atoms with Gasteiger partial charge < -0.3 is 0 Å². The average molecular weight is 235 g/mol. The second-order valence-corrected chi connectivity index (χ2v) is 3.89. The molecule has 0 spiro atoms. The van der Waals surface area contributed by atoms with Gasteiger partial charge in [-0.05, 0) is 46.8 Å². The number of thioether (sulfide) groups is 1. The molecule has 0 saturated carbocycles. The van der Waals surface area contributed by atoms with E-state index in [4.69, 9.17) is 0 Å². The lowest BCUT2D eigenvalue weighted by Gasteiger charge is -2.03. The molecule has 60 valence electrons. The summed E-state index contributed by atoms with van der Waals surface area (Å²) in [6, 6.07) is 3.64. The molecule has 0 amide bonds. The third-order valence-electron chi connectivity index (χ3n) is 1.51. The quantitative estimate of drug-likeness (QED) is 0.670. The summed E-state index contributed by atoms with van der Waals surface area (Å²) in [6.45, 7) is 1.78. The van der Waals surface area contributed by atoms with Crippen LogP contribution in [0, 0.1) is 12.7 Å². The molecule has 1 rings (SSSR count). The van der Waals surface area contributed by atoms with E-state index >= 15 is 0 Å². The lowest BCUT2D eigenvalue weighted by Crippen LogP contribution is -1.86. The predicted octanol–water partition coefficient (Wildman–Crippen LogP) is 3.62. The summed E-state index contributed by atoms with van der Waals surface area (Å²) in [5.41, 5.74) is 0.715. The Bertz CT molecular complexity index is 273. The van der Waals surface area contributed by atoms with E-state index in [-0.39, 0.29) is 5.82 Å². The maximum atomic E-state index is 13.1. The van der Waals surface area contributed by atoms with Crippen LogP contribution < -0.4 is 0 Å². The summed E-state index contributed by atoms with van der Waals surface area (Å²) in [5.74, 6) is -0.156. The lowest BCUT2D eigenvalue weighted by atomic mass is 10.2. The van der Waals surface area contributed by atoms with Crippen LogP contribution in [0.1, 0.15) is 5.56 Å². The highest BCUT2D eigenvalue weighted by Crippen LogP contribution is 2.26. The van der Waals surface area contributed by atoms with Crippen LogP contribution >= 0.6 is 27.7 Å². The first-order valence-corrected chi connectivity index (χ1v) is 5.17. The van der Waals surface area contributed by atoms with Gasteiger partial charge in [-0.3, -0.25) is 0 Å². The minimum atomic E-state index is -0.156. The SMILES string of the molecule is CSc1ccc(Br)c(F)c1C. The first-order valence-electron chi connectivity index (χ1n) is 3.15. The molecule has 0 aliphatic carbocycles. The molecule has 3 heteroatoms. The van der Waals surface area contributed by atoms with Gasteiger partial charge in [0.2, 0.25) is 0 Å². The van der Waals surface area contributed by atoms with Gasteiger partial charge in [0.25, 0.3) is 0 Å². The van der Waals surface area contributed by atoms with E-state index in [9.17, 15) is 4.39 Å². The zero-order valence-corrected chi connectivity index (χ0v) is 8.72. The van der Waals surface area contributed by atoms with Gasteiger partial charge in [-0.2, -0.15) is 0 Å². The molecular weight excluding hydrogens is 227 g/mol. The molecule has 0 fully saturated rings. The van der Waals surface area contributed by atoms with Gasteiger partial charge >= 0.3 is 0 Å². The van der Waals surface area contributed by atoms with Crippen LogP contribution in [-0.4, -0.2) is 6.26 Å². The van der Waals surface area contributed by atoms with Crippen molar-refractivity contribution in [3.05, 3.63) is 28.0 Å². The molecular formula is C8H8BrFS. The van der Waals surface area contributed by atoms with E-state index in [1.165, 1.54) is 0 Å². The Labute approximate surface area is 78.3 Å². The number of benzene rings is 1. The van der Waals surface area contributed by atoms with Gasteiger partial charge in [0, 0.05) is 4.90 Å². The first-order chi connectivity index (χ1) is 5.16. The molecule has 0 bridgehead atoms. The van der Waals surface area contributed by atoms with Crippen LogP contribution in [0.2, 0.25) is 0 Å². The Morgan fingerprint density at radius 1 is 1.45 bits per heavy atom. The smallest absolute Gasteiger partial charge is 0.141 e. The second kappa shape index (κ2) is 3.59. The van der Waals surface area contributed by atoms with Gasteiger partial charge in [0.15, 0.2) is 0 Å². The third kappa shape index (κ3) is 1.76. The van der Waals surface area contributed by atoms with E-state index in [2.05, 4.69) is 15.9 Å². The van der Waals surface area contributed by atoms with Crippen LogP contribution in [0.15, 0.2) is 21.5 Å². The molecule has 0 saturated heterocycles. The maximum absolute atomic E-state index is 13.1. The van der Waals surface area contributed by atoms with E-state index in [0.717, 1.165) is 4.90 Å². The molecule has 0 aliphatic heterocycles. The van der Waals surface area contributed by atoms with Gasteiger partial charge in [0.05, 0.1) is 4.47 Å². The Balaban J connectivity index is 3.25. The van der Waals surface area contributed by atoms with Crippen LogP contribution in [-0.2, 0) is 0 Å². The zero-order valence-electron chi connectivity index (χ0n) is 6.32. The molecule has 0 atom stereocenters. The standard InChI is InChI=1S/C8H8BrFS/c1-5-7(11-2)4-3-6(9)8(5)10/h3-4H,1-2H3. The van der Waals surface area contributed by atoms with Gasteiger partial charge in [-0.15, -0.1) is 11.8 Å². The lowest BCUT2D eigenvalue weighted by molar-refractivity contribution is 0.607. The fourth-order valence-corrected chi connectivity index (χ4v) is 1.88. The topological polar surface area (TPSA) is 0 Å².